The molecule has 0 bridgehead atoms. The maximum Gasteiger partial charge on any atom is 0.407 e. The van der Waals surface area contributed by atoms with Crippen molar-refractivity contribution in [3.05, 3.63) is 65.7 Å². The van der Waals surface area contributed by atoms with Crippen LogP contribution in [-0.4, -0.2) is 38.3 Å². The summed E-state index contributed by atoms with van der Waals surface area (Å²) in [6.07, 6.45) is 2.28. The minimum Gasteiger partial charge on any atom is -0.445 e. The third-order valence-electron chi connectivity index (χ3n) is 3.73. The van der Waals surface area contributed by atoms with Gasteiger partial charge in [-0.05, 0) is 25.5 Å². The Morgan fingerprint density at radius 1 is 1.11 bits per heavy atom. The van der Waals surface area contributed by atoms with Crippen molar-refractivity contribution in [2.75, 3.05) is 11.9 Å². The Kier molecular flexibility index (Phi) is 5.95. The summed E-state index contributed by atoms with van der Waals surface area (Å²) in [5, 5.41) is 9.30. The van der Waals surface area contributed by atoms with Crippen LogP contribution in [-0.2, 0) is 16.1 Å². The molecule has 144 valence electrons. The van der Waals surface area contributed by atoms with Crippen molar-refractivity contribution in [1.29, 1.82) is 0 Å². The molecule has 0 unspecified atom stereocenters. The molecule has 0 aliphatic rings. The summed E-state index contributed by atoms with van der Waals surface area (Å²) in [5.41, 5.74) is 3.05. The maximum absolute atomic E-state index is 11.9. The number of hydrogen-bond donors (Lipinski definition) is 2. The first-order valence-electron chi connectivity index (χ1n) is 8.61. The third kappa shape index (κ3) is 5.13. The average Bonchev–Trinajstić information content (AvgIpc) is 3.04. The first-order chi connectivity index (χ1) is 13.5. The van der Waals surface area contributed by atoms with Gasteiger partial charge in [0.05, 0.1) is 23.8 Å². The number of rotatable bonds is 6. The Morgan fingerprint density at radius 2 is 1.82 bits per heavy atom. The van der Waals surface area contributed by atoms with Crippen LogP contribution in [0.1, 0.15) is 17.0 Å². The SMILES string of the molecule is Cc1cc(C)n(-c2ncc(NC(=O)CNC(=O)OCc3ccccc3)cn2)n1. The van der Waals surface area contributed by atoms with E-state index in [4.69, 9.17) is 4.74 Å². The highest BCUT2D eigenvalue weighted by atomic mass is 16.5. The second-order valence-corrected chi connectivity index (χ2v) is 6.07. The van der Waals surface area contributed by atoms with Gasteiger partial charge in [0.1, 0.15) is 13.2 Å². The first-order valence-corrected chi connectivity index (χ1v) is 8.61. The highest BCUT2D eigenvalue weighted by Gasteiger charge is 2.09. The fourth-order valence-electron chi connectivity index (χ4n) is 2.46. The third-order valence-corrected chi connectivity index (χ3v) is 3.73. The van der Waals surface area contributed by atoms with Crippen LogP contribution in [0, 0.1) is 13.8 Å². The Hall–Kier alpha value is -3.75. The van der Waals surface area contributed by atoms with Gasteiger partial charge in [-0.2, -0.15) is 5.10 Å². The number of ether oxygens (including phenoxy) is 1. The topological polar surface area (TPSA) is 111 Å². The minimum absolute atomic E-state index is 0.135. The molecule has 2 heterocycles. The monoisotopic (exact) mass is 380 g/mol. The van der Waals surface area contributed by atoms with Gasteiger partial charge >= 0.3 is 6.09 Å². The molecule has 0 spiro atoms. The fraction of sp³-hybridized carbons (Fsp3) is 0.211. The van der Waals surface area contributed by atoms with E-state index in [1.165, 1.54) is 12.4 Å². The average molecular weight is 380 g/mol. The van der Waals surface area contributed by atoms with E-state index in [0.29, 0.717) is 11.6 Å². The number of carbonyl (C=O) groups is 2. The second kappa shape index (κ2) is 8.76. The van der Waals surface area contributed by atoms with Gasteiger partial charge in [-0.15, -0.1) is 0 Å². The number of alkyl carbamates (subject to hydrolysis) is 1. The van der Waals surface area contributed by atoms with Gasteiger partial charge in [0.15, 0.2) is 0 Å². The van der Waals surface area contributed by atoms with E-state index in [-0.39, 0.29) is 13.2 Å². The molecule has 0 fully saturated rings. The maximum atomic E-state index is 11.9. The van der Waals surface area contributed by atoms with Crippen molar-refractivity contribution in [3.63, 3.8) is 0 Å². The Labute approximate surface area is 161 Å². The summed E-state index contributed by atoms with van der Waals surface area (Å²) in [6, 6.07) is 11.2. The lowest BCUT2D eigenvalue weighted by molar-refractivity contribution is -0.115. The van der Waals surface area contributed by atoms with Crippen molar-refractivity contribution in [2.45, 2.75) is 20.5 Å². The van der Waals surface area contributed by atoms with E-state index in [0.717, 1.165) is 17.0 Å². The molecular weight excluding hydrogens is 360 g/mol. The van der Waals surface area contributed by atoms with Crippen LogP contribution < -0.4 is 10.6 Å². The fourth-order valence-corrected chi connectivity index (χ4v) is 2.46. The Balaban J connectivity index is 1.45. The van der Waals surface area contributed by atoms with Gasteiger partial charge in [-0.3, -0.25) is 4.79 Å². The normalized spacial score (nSPS) is 10.4. The number of benzene rings is 1. The quantitative estimate of drug-likeness (QED) is 0.678. The molecule has 9 heteroatoms. The van der Waals surface area contributed by atoms with Crippen LogP contribution >= 0.6 is 0 Å². The highest BCUT2D eigenvalue weighted by molar-refractivity contribution is 5.93. The number of hydrogen-bond acceptors (Lipinski definition) is 6. The summed E-state index contributed by atoms with van der Waals surface area (Å²) >= 11 is 0. The minimum atomic E-state index is -0.671. The lowest BCUT2D eigenvalue weighted by Crippen LogP contribution is -2.33. The van der Waals surface area contributed by atoms with Crippen molar-refractivity contribution >= 4 is 17.7 Å². The zero-order valence-corrected chi connectivity index (χ0v) is 15.5. The molecule has 2 amide bonds. The number of nitrogens with one attached hydrogen (secondary N) is 2. The molecule has 28 heavy (non-hydrogen) atoms. The summed E-state index contributed by atoms with van der Waals surface area (Å²) in [5.74, 6) is -0.00895. The first kappa shape index (κ1) is 19.0. The molecule has 2 aromatic heterocycles. The van der Waals surface area contributed by atoms with Gasteiger partial charge < -0.3 is 15.4 Å². The molecule has 3 aromatic rings. The Morgan fingerprint density at radius 3 is 2.46 bits per heavy atom. The van der Waals surface area contributed by atoms with Crippen LogP contribution in [0.25, 0.3) is 5.95 Å². The number of aromatic nitrogens is 4. The van der Waals surface area contributed by atoms with Crippen LogP contribution in [0.5, 0.6) is 0 Å². The molecule has 0 saturated heterocycles. The smallest absolute Gasteiger partial charge is 0.407 e. The molecule has 0 aliphatic heterocycles. The summed E-state index contributed by atoms with van der Waals surface area (Å²) < 4.78 is 6.66. The van der Waals surface area contributed by atoms with E-state index in [9.17, 15) is 9.59 Å². The summed E-state index contributed by atoms with van der Waals surface area (Å²) in [4.78, 5) is 32.0. The van der Waals surface area contributed by atoms with E-state index in [2.05, 4.69) is 25.7 Å². The number of nitrogens with zero attached hydrogens (tertiary/aromatic N) is 4. The molecule has 0 saturated carbocycles. The number of anilines is 1. The molecular formula is C19H20N6O3. The van der Waals surface area contributed by atoms with E-state index in [1.54, 1.807) is 4.68 Å². The van der Waals surface area contributed by atoms with Gasteiger partial charge in [0.2, 0.25) is 5.91 Å². The molecule has 1 aromatic carbocycles. The zero-order valence-electron chi connectivity index (χ0n) is 15.5. The van der Waals surface area contributed by atoms with Gasteiger partial charge in [0.25, 0.3) is 5.95 Å². The molecule has 0 aliphatic carbocycles. The van der Waals surface area contributed by atoms with Crippen LogP contribution in [0.3, 0.4) is 0 Å². The van der Waals surface area contributed by atoms with Crippen molar-refractivity contribution in [3.8, 4) is 5.95 Å². The molecule has 0 atom stereocenters. The molecule has 9 nitrogen and oxygen atoms in total. The van der Waals surface area contributed by atoms with Gasteiger partial charge in [-0.1, -0.05) is 30.3 Å². The molecule has 0 radical (unpaired) electrons. The predicted octanol–water partition coefficient (Wildman–Crippen LogP) is 2.14. The molecule has 2 N–H and O–H groups in total. The second-order valence-electron chi connectivity index (χ2n) is 6.07. The summed E-state index contributed by atoms with van der Waals surface area (Å²) in [6.45, 7) is 3.69. The standard InChI is InChI=1S/C19H20N6O3/c1-13-8-14(2)25(24-13)18-20-9-16(10-21-18)23-17(26)11-22-19(27)28-12-15-6-4-3-5-7-15/h3-10H,11-12H2,1-2H3,(H,22,27)(H,23,26). The largest absolute Gasteiger partial charge is 0.445 e. The zero-order chi connectivity index (χ0) is 19.9. The number of amides is 2. The lowest BCUT2D eigenvalue weighted by Gasteiger charge is -2.08. The lowest BCUT2D eigenvalue weighted by atomic mass is 10.2. The van der Waals surface area contributed by atoms with E-state index >= 15 is 0 Å². The highest BCUT2D eigenvalue weighted by Crippen LogP contribution is 2.09. The van der Waals surface area contributed by atoms with E-state index < -0.39 is 12.0 Å². The Bertz CT molecular complexity index is 954. The van der Waals surface area contributed by atoms with Crippen molar-refractivity contribution < 1.29 is 14.3 Å². The van der Waals surface area contributed by atoms with Crippen LogP contribution in [0.15, 0.2) is 48.8 Å². The number of carbonyl (C=O) groups excluding carboxylic acids is 2. The van der Waals surface area contributed by atoms with Crippen molar-refractivity contribution in [1.82, 2.24) is 25.1 Å². The van der Waals surface area contributed by atoms with Gasteiger partial charge in [0, 0.05) is 5.69 Å². The predicted molar refractivity (Wildman–Crippen MR) is 102 cm³/mol. The van der Waals surface area contributed by atoms with E-state index in [1.807, 2.05) is 50.2 Å². The molecule has 3 rings (SSSR count). The number of aryl methyl sites for hydroxylation is 2. The van der Waals surface area contributed by atoms with Crippen LogP contribution in [0.4, 0.5) is 10.5 Å². The van der Waals surface area contributed by atoms with Crippen LogP contribution in [0.2, 0.25) is 0 Å². The van der Waals surface area contributed by atoms with Gasteiger partial charge in [-0.25, -0.2) is 19.4 Å². The summed E-state index contributed by atoms with van der Waals surface area (Å²) in [7, 11) is 0. The van der Waals surface area contributed by atoms with Crippen molar-refractivity contribution in [2.24, 2.45) is 0 Å².